The van der Waals surface area contributed by atoms with Gasteiger partial charge in [-0.3, -0.25) is 10.9 Å². The van der Waals surface area contributed by atoms with Crippen LogP contribution in [0.2, 0.25) is 15.1 Å². The predicted molar refractivity (Wildman–Crippen MR) is 95.6 cm³/mol. The average molecular weight is 361 g/mol. The van der Waals surface area contributed by atoms with E-state index in [1.807, 2.05) is 31.2 Å². The quantitative estimate of drug-likeness (QED) is 0.515. The molecule has 0 aliphatic carbocycles. The Morgan fingerprint density at radius 2 is 1.71 bits per heavy atom. The maximum atomic E-state index is 6.06. The molecule has 21 heavy (non-hydrogen) atoms. The van der Waals surface area contributed by atoms with Crippen molar-refractivity contribution >= 4 is 63.5 Å². The molecule has 0 aliphatic heterocycles. The van der Waals surface area contributed by atoms with Crippen molar-refractivity contribution in [2.75, 3.05) is 10.7 Å². The van der Waals surface area contributed by atoms with Gasteiger partial charge in [0.05, 0.1) is 15.7 Å². The van der Waals surface area contributed by atoms with E-state index in [-0.39, 0.29) is 0 Å². The van der Waals surface area contributed by atoms with Crippen molar-refractivity contribution in [3.8, 4) is 0 Å². The molecular weight excluding hydrogens is 349 g/mol. The lowest BCUT2D eigenvalue weighted by Gasteiger charge is -2.15. The zero-order chi connectivity index (χ0) is 15.4. The van der Waals surface area contributed by atoms with Crippen molar-refractivity contribution in [1.29, 1.82) is 0 Å². The van der Waals surface area contributed by atoms with Gasteiger partial charge >= 0.3 is 0 Å². The number of hydrogen-bond acceptors (Lipinski definition) is 2. The first-order valence-electron chi connectivity index (χ1n) is 6.00. The van der Waals surface area contributed by atoms with Crippen LogP contribution in [0.3, 0.4) is 0 Å². The monoisotopic (exact) mass is 359 g/mol. The third kappa shape index (κ3) is 4.64. The molecule has 0 amide bonds. The van der Waals surface area contributed by atoms with E-state index in [4.69, 9.17) is 47.0 Å². The van der Waals surface area contributed by atoms with Gasteiger partial charge in [0.25, 0.3) is 0 Å². The summed E-state index contributed by atoms with van der Waals surface area (Å²) >= 11 is 23.2. The lowest BCUT2D eigenvalue weighted by molar-refractivity contribution is 1.14. The first-order chi connectivity index (χ1) is 9.95. The minimum atomic E-state index is 0.391. The predicted octanol–water partition coefficient (Wildman–Crippen LogP) is 5.27. The van der Waals surface area contributed by atoms with Gasteiger partial charge in [-0.15, -0.1) is 0 Å². The minimum Gasteiger partial charge on any atom is -0.331 e. The zero-order valence-electron chi connectivity index (χ0n) is 11.0. The summed E-state index contributed by atoms with van der Waals surface area (Å²) in [6.07, 6.45) is 0. The van der Waals surface area contributed by atoms with Gasteiger partial charge in [-0.25, -0.2) is 0 Å². The molecule has 0 aliphatic rings. The fraction of sp³-hybridized carbons (Fsp3) is 0.0714. The van der Waals surface area contributed by atoms with E-state index in [2.05, 4.69) is 16.2 Å². The molecule has 0 saturated carbocycles. The van der Waals surface area contributed by atoms with Gasteiger partial charge < -0.3 is 5.32 Å². The minimum absolute atomic E-state index is 0.391. The third-order valence-corrected chi connectivity index (χ3v) is 3.60. The number of halogens is 3. The lowest BCUT2D eigenvalue weighted by Crippen LogP contribution is -2.33. The van der Waals surface area contributed by atoms with E-state index in [0.717, 1.165) is 11.3 Å². The molecule has 0 aromatic heterocycles. The van der Waals surface area contributed by atoms with Crippen molar-refractivity contribution < 1.29 is 0 Å². The molecule has 2 rings (SSSR count). The van der Waals surface area contributed by atoms with Crippen LogP contribution < -0.4 is 16.2 Å². The van der Waals surface area contributed by atoms with E-state index < -0.39 is 0 Å². The van der Waals surface area contributed by atoms with Crippen LogP contribution in [0.25, 0.3) is 0 Å². The van der Waals surface area contributed by atoms with E-state index in [9.17, 15) is 0 Å². The number of benzene rings is 2. The van der Waals surface area contributed by atoms with Crippen molar-refractivity contribution in [3.05, 3.63) is 57.0 Å². The summed E-state index contributed by atoms with van der Waals surface area (Å²) in [6, 6.07) is 11.0. The largest absolute Gasteiger partial charge is 0.331 e. The van der Waals surface area contributed by atoms with Crippen molar-refractivity contribution in [1.82, 2.24) is 5.43 Å². The van der Waals surface area contributed by atoms with Crippen LogP contribution in [0.5, 0.6) is 0 Å². The molecule has 0 atom stereocenters. The molecule has 0 fully saturated rings. The molecule has 110 valence electrons. The van der Waals surface area contributed by atoms with E-state index >= 15 is 0 Å². The Bertz CT molecular complexity index is 653. The SMILES string of the molecule is Cc1cccc(NC(=S)NNc2c(Cl)cc(Cl)cc2Cl)c1. The number of hydrogen-bond donors (Lipinski definition) is 3. The van der Waals surface area contributed by atoms with Crippen molar-refractivity contribution in [3.63, 3.8) is 0 Å². The van der Waals surface area contributed by atoms with Gasteiger partial charge in [0.15, 0.2) is 5.11 Å². The Kier molecular flexibility index (Phi) is 5.53. The van der Waals surface area contributed by atoms with Crippen LogP contribution >= 0.6 is 47.0 Å². The molecule has 0 bridgehead atoms. The number of aryl methyl sites for hydroxylation is 1. The molecule has 7 heteroatoms. The number of thiocarbonyl (C=S) groups is 1. The summed E-state index contributed by atoms with van der Waals surface area (Å²) in [6.45, 7) is 2.01. The highest BCUT2D eigenvalue weighted by atomic mass is 35.5. The highest BCUT2D eigenvalue weighted by Gasteiger charge is 2.08. The topological polar surface area (TPSA) is 36.1 Å². The van der Waals surface area contributed by atoms with E-state index in [1.54, 1.807) is 12.1 Å². The Labute approximate surface area is 143 Å². The first kappa shape index (κ1) is 16.2. The molecular formula is C14H12Cl3N3S. The van der Waals surface area contributed by atoms with Gasteiger partial charge in [-0.05, 0) is 49.0 Å². The third-order valence-electron chi connectivity index (χ3n) is 2.58. The van der Waals surface area contributed by atoms with Crippen LogP contribution in [-0.4, -0.2) is 5.11 Å². The molecule has 0 spiro atoms. The number of nitrogens with one attached hydrogen (secondary N) is 3. The average Bonchev–Trinajstić information content (AvgIpc) is 2.37. The standard InChI is InChI=1S/C14H12Cl3N3S/c1-8-3-2-4-10(5-8)18-14(21)20-19-13-11(16)6-9(15)7-12(13)17/h2-7,19H,1H3,(H2,18,20,21). The molecule has 3 nitrogen and oxygen atoms in total. The molecule has 2 aromatic rings. The Morgan fingerprint density at radius 1 is 1.05 bits per heavy atom. The summed E-state index contributed by atoms with van der Waals surface area (Å²) in [5.74, 6) is 0. The smallest absolute Gasteiger partial charge is 0.189 e. The van der Waals surface area contributed by atoms with E-state index in [0.29, 0.717) is 25.9 Å². The van der Waals surface area contributed by atoms with Gasteiger partial charge in [0, 0.05) is 10.7 Å². The van der Waals surface area contributed by atoms with Crippen LogP contribution in [0.4, 0.5) is 11.4 Å². The maximum Gasteiger partial charge on any atom is 0.189 e. The molecule has 0 unspecified atom stereocenters. The molecule has 2 aromatic carbocycles. The van der Waals surface area contributed by atoms with Gasteiger partial charge in [-0.2, -0.15) is 0 Å². The molecule has 0 saturated heterocycles. The fourth-order valence-electron chi connectivity index (χ4n) is 1.67. The van der Waals surface area contributed by atoms with Crippen LogP contribution in [0, 0.1) is 6.92 Å². The van der Waals surface area contributed by atoms with Crippen molar-refractivity contribution in [2.45, 2.75) is 6.92 Å². The fourth-order valence-corrected chi connectivity index (χ4v) is 2.75. The van der Waals surface area contributed by atoms with E-state index in [1.165, 1.54) is 0 Å². The van der Waals surface area contributed by atoms with Crippen molar-refractivity contribution in [2.24, 2.45) is 0 Å². The second kappa shape index (κ2) is 7.18. The molecule has 3 N–H and O–H groups in total. The van der Waals surface area contributed by atoms with Crippen LogP contribution in [-0.2, 0) is 0 Å². The zero-order valence-corrected chi connectivity index (χ0v) is 14.1. The Hall–Kier alpha value is -1.20. The molecule has 0 heterocycles. The number of rotatable bonds is 3. The maximum absolute atomic E-state index is 6.06. The van der Waals surface area contributed by atoms with Crippen LogP contribution in [0.15, 0.2) is 36.4 Å². The summed E-state index contributed by atoms with van der Waals surface area (Å²) in [5.41, 5.74) is 8.23. The Morgan fingerprint density at radius 3 is 2.33 bits per heavy atom. The second-order valence-corrected chi connectivity index (χ2v) is 5.98. The number of hydrazine groups is 1. The van der Waals surface area contributed by atoms with Crippen LogP contribution in [0.1, 0.15) is 5.56 Å². The first-order valence-corrected chi connectivity index (χ1v) is 7.54. The van der Waals surface area contributed by atoms with Gasteiger partial charge in [0.2, 0.25) is 0 Å². The summed E-state index contributed by atoms with van der Waals surface area (Å²) in [5, 5.41) is 4.71. The highest BCUT2D eigenvalue weighted by molar-refractivity contribution is 7.80. The number of anilines is 2. The normalized spacial score (nSPS) is 10.1. The van der Waals surface area contributed by atoms with Gasteiger partial charge in [0.1, 0.15) is 0 Å². The molecule has 0 radical (unpaired) electrons. The van der Waals surface area contributed by atoms with Gasteiger partial charge in [-0.1, -0.05) is 46.9 Å². The second-order valence-electron chi connectivity index (χ2n) is 4.32. The summed E-state index contributed by atoms with van der Waals surface area (Å²) in [7, 11) is 0. The summed E-state index contributed by atoms with van der Waals surface area (Å²) in [4.78, 5) is 0. The summed E-state index contributed by atoms with van der Waals surface area (Å²) < 4.78 is 0. The highest BCUT2D eigenvalue weighted by Crippen LogP contribution is 2.33. The lowest BCUT2D eigenvalue weighted by atomic mass is 10.2. The Balaban J connectivity index is 1.99.